The van der Waals surface area contributed by atoms with Crippen LogP contribution < -0.4 is 15.0 Å². The molecule has 1 aromatic carbocycles. The van der Waals surface area contributed by atoms with E-state index in [4.69, 9.17) is 4.74 Å². The first-order chi connectivity index (χ1) is 11.7. The van der Waals surface area contributed by atoms with E-state index in [1.165, 1.54) is 4.90 Å². The van der Waals surface area contributed by atoms with Crippen molar-refractivity contribution in [2.45, 2.75) is 25.9 Å². The Bertz CT molecular complexity index is 716. The number of pyridine rings is 1. The standard InChI is InChI=1S/C18H19N3O3/c1-2-24-15-7-5-14(6-8-15)21-17(22)10-16(18(21)23)20-12-13-4-3-9-19-11-13/h3-9,11,16,20H,2,10,12H2,1H3/p+1/t16-/m1/s1. The SMILES string of the molecule is CCOc1ccc(N2C(=O)C[C@@H]([NH2+]Cc3cccnc3)C2=O)cc1. The molecule has 2 amide bonds. The van der Waals surface area contributed by atoms with Crippen LogP contribution in [0.3, 0.4) is 0 Å². The number of quaternary nitrogens is 1. The number of nitrogens with two attached hydrogens (primary N) is 1. The molecule has 1 atom stereocenters. The Labute approximate surface area is 140 Å². The molecule has 0 aliphatic carbocycles. The van der Waals surface area contributed by atoms with Crippen molar-refractivity contribution in [3.05, 3.63) is 54.4 Å². The maximum Gasteiger partial charge on any atom is 0.292 e. The molecule has 0 spiro atoms. The fourth-order valence-corrected chi connectivity index (χ4v) is 2.77. The summed E-state index contributed by atoms with van der Waals surface area (Å²) < 4.78 is 5.39. The van der Waals surface area contributed by atoms with Crippen LogP contribution in [-0.4, -0.2) is 29.4 Å². The van der Waals surface area contributed by atoms with Gasteiger partial charge in [0.2, 0.25) is 5.91 Å². The van der Waals surface area contributed by atoms with E-state index in [1.807, 2.05) is 24.4 Å². The van der Waals surface area contributed by atoms with Crippen LogP contribution in [0.1, 0.15) is 18.9 Å². The van der Waals surface area contributed by atoms with Crippen molar-refractivity contribution >= 4 is 17.5 Å². The lowest BCUT2D eigenvalue weighted by Gasteiger charge is -2.14. The predicted molar refractivity (Wildman–Crippen MR) is 88.4 cm³/mol. The van der Waals surface area contributed by atoms with Crippen molar-refractivity contribution in [2.75, 3.05) is 11.5 Å². The van der Waals surface area contributed by atoms with Crippen molar-refractivity contribution < 1.29 is 19.6 Å². The second-order valence-corrected chi connectivity index (χ2v) is 5.61. The van der Waals surface area contributed by atoms with Gasteiger partial charge in [0.25, 0.3) is 5.91 Å². The highest BCUT2D eigenvalue weighted by atomic mass is 16.5. The summed E-state index contributed by atoms with van der Waals surface area (Å²) >= 11 is 0. The van der Waals surface area contributed by atoms with Crippen LogP contribution in [0.5, 0.6) is 5.75 Å². The Balaban J connectivity index is 1.67. The first kappa shape index (κ1) is 16.1. The summed E-state index contributed by atoms with van der Waals surface area (Å²) in [5, 5.41) is 1.89. The zero-order valence-corrected chi connectivity index (χ0v) is 13.5. The lowest BCUT2D eigenvalue weighted by Crippen LogP contribution is -2.90. The highest BCUT2D eigenvalue weighted by Crippen LogP contribution is 2.24. The highest BCUT2D eigenvalue weighted by Gasteiger charge is 2.42. The summed E-state index contributed by atoms with van der Waals surface area (Å²) in [5.74, 6) is 0.379. The molecule has 2 aromatic rings. The molecule has 1 aromatic heterocycles. The first-order valence-electron chi connectivity index (χ1n) is 8.01. The van der Waals surface area contributed by atoms with Crippen LogP contribution in [0.4, 0.5) is 5.69 Å². The number of aromatic nitrogens is 1. The molecule has 124 valence electrons. The molecular formula is C18H20N3O3+. The fourth-order valence-electron chi connectivity index (χ4n) is 2.77. The fraction of sp³-hybridized carbons (Fsp3) is 0.278. The van der Waals surface area contributed by atoms with Gasteiger partial charge in [-0.2, -0.15) is 0 Å². The van der Waals surface area contributed by atoms with Crippen molar-refractivity contribution in [3.63, 3.8) is 0 Å². The zero-order valence-electron chi connectivity index (χ0n) is 13.5. The molecule has 6 heteroatoms. The third-order valence-electron chi connectivity index (χ3n) is 3.95. The molecule has 0 radical (unpaired) electrons. The van der Waals surface area contributed by atoms with E-state index in [9.17, 15) is 9.59 Å². The number of imide groups is 1. The van der Waals surface area contributed by atoms with Crippen molar-refractivity contribution in [1.29, 1.82) is 0 Å². The molecule has 3 rings (SSSR count). The van der Waals surface area contributed by atoms with E-state index in [1.54, 1.807) is 36.7 Å². The van der Waals surface area contributed by atoms with Crippen LogP contribution in [0.15, 0.2) is 48.8 Å². The molecule has 1 aliphatic heterocycles. The van der Waals surface area contributed by atoms with Crippen molar-refractivity contribution in [3.8, 4) is 5.75 Å². The summed E-state index contributed by atoms with van der Waals surface area (Å²) in [6, 6.07) is 10.4. The number of hydrogen-bond donors (Lipinski definition) is 1. The number of anilines is 1. The second kappa shape index (κ2) is 7.23. The van der Waals surface area contributed by atoms with Crippen LogP contribution in [0, 0.1) is 0 Å². The van der Waals surface area contributed by atoms with E-state index in [0.717, 1.165) is 11.3 Å². The summed E-state index contributed by atoms with van der Waals surface area (Å²) in [6.45, 7) is 3.10. The predicted octanol–water partition coefficient (Wildman–Crippen LogP) is 0.876. The molecule has 2 N–H and O–H groups in total. The van der Waals surface area contributed by atoms with E-state index < -0.39 is 0 Å². The molecule has 0 bridgehead atoms. The Kier molecular flexibility index (Phi) is 4.86. The molecule has 24 heavy (non-hydrogen) atoms. The zero-order chi connectivity index (χ0) is 16.9. The number of amides is 2. The van der Waals surface area contributed by atoms with Crippen molar-refractivity contribution in [1.82, 2.24) is 4.98 Å². The van der Waals surface area contributed by atoms with Gasteiger partial charge in [0.15, 0.2) is 6.04 Å². The number of carbonyl (C=O) groups is 2. The molecular weight excluding hydrogens is 306 g/mol. The summed E-state index contributed by atoms with van der Waals surface area (Å²) in [4.78, 5) is 30.2. The van der Waals surface area contributed by atoms with Crippen LogP contribution in [0.25, 0.3) is 0 Å². The number of nitrogens with zero attached hydrogens (tertiary/aromatic N) is 2. The topological polar surface area (TPSA) is 76.1 Å². The monoisotopic (exact) mass is 326 g/mol. The quantitative estimate of drug-likeness (QED) is 0.800. The third-order valence-corrected chi connectivity index (χ3v) is 3.95. The van der Waals surface area contributed by atoms with Gasteiger partial charge < -0.3 is 10.1 Å². The normalized spacial score (nSPS) is 17.4. The Morgan fingerprint density at radius 3 is 2.71 bits per heavy atom. The number of hydrogen-bond acceptors (Lipinski definition) is 4. The molecule has 6 nitrogen and oxygen atoms in total. The van der Waals surface area contributed by atoms with Gasteiger partial charge in [-0.05, 0) is 37.3 Å². The molecule has 1 saturated heterocycles. The van der Waals surface area contributed by atoms with Crippen molar-refractivity contribution in [2.24, 2.45) is 0 Å². The minimum absolute atomic E-state index is 0.170. The van der Waals surface area contributed by atoms with Gasteiger partial charge >= 0.3 is 0 Å². The van der Waals surface area contributed by atoms with Gasteiger partial charge in [0.1, 0.15) is 12.3 Å². The number of carbonyl (C=O) groups excluding carboxylic acids is 2. The lowest BCUT2D eigenvalue weighted by atomic mass is 10.2. The Morgan fingerprint density at radius 1 is 1.25 bits per heavy atom. The molecule has 1 fully saturated rings. The summed E-state index contributed by atoms with van der Waals surface area (Å²) in [7, 11) is 0. The van der Waals surface area contributed by atoms with Crippen LogP contribution in [0.2, 0.25) is 0 Å². The number of ether oxygens (including phenoxy) is 1. The Hall–Kier alpha value is -2.73. The van der Waals surface area contributed by atoms with Gasteiger partial charge in [0.05, 0.1) is 18.7 Å². The average molecular weight is 326 g/mol. The van der Waals surface area contributed by atoms with Crippen LogP contribution in [-0.2, 0) is 16.1 Å². The molecule has 2 heterocycles. The third kappa shape index (κ3) is 3.44. The van der Waals surface area contributed by atoms with E-state index in [-0.39, 0.29) is 24.3 Å². The van der Waals surface area contributed by atoms with Gasteiger partial charge in [-0.1, -0.05) is 6.07 Å². The summed E-state index contributed by atoms with van der Waals surface area (Å²) in [6.07, 6.45) is 3.69. The largest absolute Gasteiger partial charge is 0.494 e. The van der Waals surface area contributed by atoms with Crippen LogP contribution >= 0.6 is 0 Å². The second-order valence-electron chi connectivity index (χ2n) is 5.61. The number of rotatable bonds is 6. The van der Waals surface area contributed by atoms with Gasteiger partial charge in [-0.15, -0.1) is 0 Å². The lowest BCUT2D eigenvalue weighted by molar-refractivity contribution is -0.690. The van der Waals surface area contributed by atoms with Gasteiger partial charge in [-0.3, -0.25) is 14.6 Å². The van der Waals surface area contributed by atoms with Gasteiger partial charge in [0, 0.05) is 18.0 Å². The van der Waals surface area contributed by atoms with E-state index in [2.05, 4.69) is 4.98 Å². The average Bonchev–Trinajstić information content (AvgIpc) is 2.89. The molecule has 0 unspecified atom stereocenters. The first-order valence-corrected chi connectivity index (χ1v) is 8.01. The Morgan fingerprint density at radius 2 is 2.04 bits per heavy atom. The summed E-state index contributed by atoms with van der Waals surface area (Å²) in [5.41, 5.74) is 1.61. The maximum atomic E-state index is 12.6. The smallest absolute Gasteiger partial charge is 0.292 e. The minimum atomic E-state index is -0.385. The highest BCUT2D eigenvalue weighted by molar-refractivity contribution is 6.21. The number of benzene rings is 1. The minimum Gasteiger partial charge on any atom is -0.494 e. The maximum absolute atomic E-state index is 12.6. The van der Waals surface area contributed by atoms with Gasteiger partial charge in [-0.25, -0.2) is 4.90 Å². The molecule has 1 aliphatic rings. The molecule has 0 saturated carbocycles. The van der Waals surface area contributed by atoms with E-state index >= 15 is 0 Å². The van der Waals surface area contributed by atoms with E-state index in [0.29, 0.717) is 18.8 Å².